The summed E-state index contributed by atoms with van der Waals surface area (Å²) in [5.41, 5.74) is 0.346. The molecule has 2 aliphatic rings. The number of hydrogen-bond donors (Lipinski definition) is 1. The molecule has 0 radical (unpaired) electrons. The van der Waals surface area contributed by atoms with E-state index in [1.807, 2.05) is 0 Å². The first kappa shape index (κ1) is 13.9. The summed E-state index contributed by atoms with van der Waals surface area (Å²) in [6.45, 7) is 2.18. The average molecular weight is 284 g/mol. The van der Waals surface area contributed by atoms with E-state index in [1.54, 1.807) is 0 Å². The molecular weight excluding hydrogens is 262 g/mol. The lowest BCUT2D eigenvalue weighted by Gasteiger charge is -2.45. The number of rotatable bonds is 3. The summed E-state index contributed by atoms with van der Waals surface area (Å²) < 4.78 is 26.7. The molecule has 0 amide bonds. The SMILES string of the molecule is FC(F)n1ccnc1CN1CCCC2(CCCNC2)C1. The van der Waals surface area contributed by atoms with Crippen molar-refractivity contribution in [3.8, 4) is 0 Å². The molecule has 1 unspecified atom stereocenters. The lowest BCUT2D eigenvalue weighted by Crippen LogP contribution is -2.50. The van der Waals surface area contributed by atoms with E-state index in [0.29, 0.717) is 17.8 Å². The smallest absolute Gasteiger partial charge is 0.316 e. The number of alkyl halides is 2. The molecule has 0 bridgehead atoms. The summed E-state index contributed by atoms with van der Waals surface area (Å²) in [5, 5.41) is 3.49. The van der Waals surface area contributed by atoms with E-state index in [1.165, 1.54) is 31.7 Å². The van der Waals surface area contributed by atoms with Crippen LogP contribution in [0, 0.1) is 5.41 Å². The highest BCUT2D eigenvalue weighted by Crippen LogP contribution is 2.36. The molecule has 3 heterocycles. The molecule has 1 aromatic heterocycles. The van der Waals surface area contributed by atoms with E-state index in [-0.39, 0.29) is 0 Å². The van der Waals surface area contributed by atoms with Crippen LogP contribution in [0.15, 0.2) is 12.4 Å². The summed E-state index contributed by atoms with van der Waals surface area (Å²) in [4.78, 5) is 6.38. The zero-order valence-electron chi connectivity index (χ0n) is 11.7. The molecule has 2 saturated heterocycles. The summed E-state index contributed by atoms with van der Waals surface area (Å²) in [5.74, 6) is 0.473. The molecular formula is C14H22F2N4. The Hall–Kier alpha value is -1.01. The van der Waals surface area contributed by atoms with Crippen molar-refractivity contribution < 1.29 is 8.78 Å². The normalized spacial score (nSPS) is 28.4. The van der Waals surface area contributed by atoms with Gasteiger partial charge >= 0.3 is 6.55 Å². The Morgan fingerprint density at radius 2 is 2.20 bits per heavy atom. The van der Waals surface area contributed by atoms with Crippen LogP contribution in [0.25, 0.3) is 0 Å². The van der Waals surface area contributed by atoms with E-state index >= 15 is 0 Å². The van der Waals surface area contributed by atoms with Gasteiger partial charge in [-0.05, 0) is 44.2 Å². The molecule has 1 atom stereocenters. The van der Waals surface area contributed by atoms with Crippen LogP contribution in [0.5, 0.6) is 0 Å². The van der Waals surface area contributed by atoms with Crippen LogP contribution < -0.4 is 5.32 Å². The topological polar surface area (TPSA) is 33.1 Å². The van der Waals surface area contributed by atoms with Gasteiger partial charge in [0.15, 0.2) is 0 Å². The van der Waals surface area contributed by atoms with Crippen molar-refractivity contribution in [1.29, 1.82) is 0 Å². The van der Waals surface area contributed by atoms with Crippen LogP contribution in [0.2, 0.25) is 0 Å². The monoisotopic (exact) mass is 284 g/mol. The Balaban J connectivity index is 1.66. The second kappa shape index (κ2) is 5.77. The number of nitrogens with zero attached hydrogens (tertiary/aromatic N) is 3. The van der Waals surface area contributed by atoms with Crippen LogP contribution in [-0.4, -0.2) is 40.6 Å². The summed E-state index contributed by atoms with van der Waals surface area (Å²) in [6.07, 6.45) is 7.70. The van der Waals surface area contributed by atoms with E-state index in [2.05, 4.69) is 15.2 Å². The van der Waals surface area contributed by atoms with E-state index in [9.17, 15) is 8.78 Å². The first-order valence-corrected chi connectivity index (χ1v) is 7.42. The van der Waals surface area contributed by atoms with E-state index in [4.69, 9.17) is 0 Å². The van der Waals surface area contributed by atoms with Crippen molar-refractivity contribution >= 4 is 0 Å². The number of halogens is 2. The Kier molecular flexibility index (Phi) is 4.03. The Labute approximate surface area is 118 Å². The van der Waals surface area contributed by atoms with Crippen molar-refractivity contribution in [1.82, 2.24) is 19.8 Å². The van der Waals surface area contributed by atoms with Crippen molar-refractivity contribution in [2.24, 2.45) is 5.41 Å². The van der Waals surface area contributed by atoms with Gasteiger partial charge in [0.2, 0.25) is 0 Å². The van der Waals surface area contributed by atoms with Gasteiger partial charge in [0.05, 0.1) is 6.54 Å². The minimum Gasteiger partial charge on any atom is -0.316 e. The minimum absolute atomic E-state index is 0.346. The van der Waals surface area contributed by atoms with Gasteiger partial charge in [-0.2, -0.15) is 8.78 Å². The van der Waals surface area contributed by atoms with Gasteiger partial charge in [-0.15, -0.1) is 0 Å². The maximum atomic E-state index is 12.9. The summed E-state index contributed by atoms with van der Waals surface area (Å²) in [6, 6.07) is 0. The third kappa shape index (κ3) is 2.86. The Morgan fingerprint density at radius 1 is 1.35 bits per heavy atom. The third-order valence-corrected chi connectivity index (χ3v) is 4.63. The van der Waals surface area contributed by atoms with Crippen molar-refractivity contribution in [2.75, 3.05) is 26.2 Å². The highest BCUT2D eigenvalue weighted by molar-refractivity contribution is 4.96. The number of aromatic nitrogens is 2. The minimum atomic E-state index is -2.50. The number of imidazole rings is 1. The predicted octanol–water partition coefficient (Wildman–Crippen LogP) is 2.24. The van der Waals surface area contributed by atoms with Gasteiger partial charge < -0.3 is 5.32 Å². The van der Waals surface area contributed by atoms with Gasteiger partial charge in [0, 0.05) is 25.5 Å². The molecule has 112 valence electrons. The maximum Gasteiger partial charge on any atom is 0.319 e. The number of hydrogen-bond acceptors (Lipinski definition) is 3. The number of piperidine rings is 2. The zero-order chi connectivity index (χ0) is 14.0. The molecule has 3 rings (SSSR count). The molecule has 0 aliphatic carbocycles. The van der Waals surface area contributed by atoms with Gasteiger partial charge in [0.1, 0.15) is 5.82 Å². The molecule has 1 aromatic rings. The van der Waals surface area contributed by atoms with Crippen LogP contribution in [0.3, 0.4) is 0 Å². The van der Waals surface area contributed by atoms with Crippen LogP contribution in [0.1, 0.15) is 38.1 Å². The fourth-order valence-corrected chi connectivity index (χ4v) is 3.67. The number of likely N-dealkylation sites (tertiary alicyclic amines) is 1. The first-order valence-electron chi connectivity index (χ1n) is 7.42. The second-order valence-corrected chi connectivity index (χ2v) is 6.12. The van der Waals surface area contributed by atoms with Crippen LogP contribution >= 0.6 is 0 Å². The van der Waals surface area contributed by atoms with Crippen molar-refractivity contribution in [2.45, 2.75) is 38.8 Å². The fourth-order valence-electron chi connectivity index (χ4n) is 3.67. The van der Waals surface area contributed by atoms with Crippen molar-refractivity contribution in [3.05, 3.63) is 18.2 Å². The lowest BCUT2D eigenvalue weighted by atomic mass is 9.74. The number of nitrogens with one attached hydrogen (secondary N) is 1. The molecule has 2 fully saturated rings. The molecule has 20 heavy (non-hydrogen) atoms. The van der Waals surface area contributed by atoms with E-state index in [0.717, 1.165) is 37.2 Å². The molecule has 1 N–H and O–H groups in total. The average Bonchev–Trinajstić information content (AvgIpc) is 2.88. The second-order valence-electron chi connectivity index (χ2n) is 6.12. The molecule has 6 heteroatoms. The lowest BCUT2D eigenvalue weighted by molar-refractivity contribution is 0.0444. The first-order chi connectivity index (χ1) is 9.69. The molecule has 0 aromatic carbocycles. The van der Waals surface area contributed by atoms with Gasteiger partial charge in [0.25, 0.3) is 0 Å². The van der Waals surface area contributed by atoms with Gasteiger partial charge in [-0.1, -0.05) is 0 Å². The quantitative estimate of drug-likeness (QED) is 0.924. The molecule has 1 spiro atoms. The van der Waals surface area contributed by atoms with Gasteiger partial charge in [-0.25, -0.2) is 4.98 Å². The molecule has 4 nitrogen and oxygen atoms in total. The van der Waals surface area contributed by atoms with Crippen LogP contribution in [-0.2, 0) is 6.54 Å². The Morgan fingerprint density at radius 3 is 2.95 bits per heavy atom. The predicted molar refractivity (Wildman–Crippen MR) is 72.5 cm³/mol. The molecule has 2 aliphatic heterocycles. The largest absolute Gasteiger partial charge is 0.319 e. The maximum absolute atomic E-state index is 12.9. The molecule has 0 saturated carbocycles. The van der Waals surface area contributed by atoms with Crippen molar-refractivity contribution in [3.63, 3.8) is 0 Å². The third-order valence-electron chi connectivity index (χ3n) is 4.63. The zero-order valence-corrected chi connectivity index (χ0v) is 11.7. The summed E-state index contributed by atoms with van der Waals surface area (Å²) >= 11 is 0. The van der Waals surface area contributed by atoms with Gasteiger partial charge in [-0.3, -0.25) is 9.47 Å². The highest BCUT2D eigenvalue weighted by Gasteiger charge is 2.36. The standard InChI is InChI=1S/C14H22F2N4/c15-13(16)20-8-6-18-12(20)9-19-7-2-4-14(11-19)3-1-5-17-10-14/h6,8,13,17H,1-5,7,9-11H2. The van der Waals surface area contributed by atoms with E-state index < -0.39 is 6.55 Å². The summed E-state index contributed by atoms with van der Waals surface area (Å²) in [7, 11) is 0. The Bertz CT molecular complexity index is 435. The highest BCUT2D eigenvalue weighted by atomic mass is 19.3. The fraction of sp³-hybridized carbons (Fsp3) is 0.786. The van der Waals surface area contributed by atoms with Crippen LogP contribution in [0.4, 0.5) is 8.78 Å².